The number of ether oxygens (including phenoxy) is 1. The van der Waals surface area contributed by atoms with Gasteiger partial charge in [0.05, 0.1) is 7.11 Å². The number of methoxy groups -OCH3 is 1. The zero-order valence-electron chi connectivity index (χ0n) is 7.86. The lowest BCUT2D eigenvalue weighted by atomic mass is 10.2. The first-order valence-corrected chi connectivity index (χ1v) is 4.29. The summed E-state index contributed by atoms with van der Waals surface area (Å²) in [6, 6.07) is 11.2. The monoisotopic (exact) mass is 189 g/mol. The van der Waals surface area contributed by atoms with Gasteiger partial charge in [0.2, 0.25) is 0 Å². The normalized spacial score (nSPS) is 10.1. The van der Waals surface area contributed by atoms with Crippen molar-refractivity contribution < 1.29 is 9.15 Å². The maximum absolute atomic E-state index is 5.49. The molecule has 2 aromatic rings. The predicted molar refractivity (Wildman–Crippen MR) is 55.1 cm³/mol. The van der Waals surface area contributed by atoms with Gasteiger partial charge in [0.25, 0.3) is 0 Å². The highest BCUT2D eigenvalue weighted by Gasteiger charge is 2.03. The third-order valence-corrected chi connectivity index (χ3v) is 1.98. The Morgan fingerprint density at radius 2 is 2.07 bits per heavy atom. The molecule has 0 aliphatic rings. The van der Waals surface area contributed by atoms with E-state index in [9.17, 15) is 0 Å². The van der Waals surface area contributed by atoms with E-state index in [1.807, 2.05) is 30.3 Å². The smallest absolute Gasteiger partial charge is 0.190 e. The van der Waals surface area contributed by atoms with Gasteiger partial charge in [-0.25, -0.2) is 0 Å². The highest BCUT2D eigenvalue weighted by atomic mass is 16.5. The molecule has 3 nitrogen and oxygen atoms in total. The molecule has 1 aromatic heterocycles. The second kappa shape index (κ2) is 3.46. The molecule has 14 heavy (non-hydrogen) atoms. The van der Waals surface area contributed by atoms with E-state index in [0.717, 1.165) is 17.1 Å². The first-order chi connectivity index (χ1) is 6.79. The van der Waals surface area contributed by atoms with Crippen molar-refractivity contribution in [3.8, 4) is 17.1 Å². The van der Waals surface area contributed by atoms with Gasteiger partial charge in [-0.05, 0) is 18.2 Å². The van der Waals surface area contributed by atoms with Gasteiger partial charge in [0, 0.05) is 11.6 Å². The highest BCUT2D eigenvalue weighted by Crippen LogP contribution is 2.26. The van der Waals surface area contributed by atoms with Gasteiger partial charge in [0.15, 0.2) is 5.88 Å². The minimum Gasteiger partial charge on any atom is -0.497 e. The van der Waals surface area contributed by atoms with Crippen molar-refractivity contribution in [1.82, 2.24) is 0 Å². The summed E-state index contributed by atoms with van der Waals surface area (Å²) in [7, 11) is 1.63. The molecule has 0 radical (unpaired) electrons. The average Bonchev–Trinajstić information content (AvgIpc) is 2.65. The van der Waals surface area contributed by atoms with Crippen molar-refractivity contribution in [2.45, 2.75) is 0 Å². The van der Waals surface area contributed by atoms with Crippen molar-refractivity contribution in [3.63, 3.8) is 0 Å². The predicted octanol–water partition coefficient (Wildman–Crippen LogP) is 2.54. The fraction of sp³-hybridized carbons (Fsp3) is 0.0909. The Balaban J connectivity index is 2.41. The number of rotatable bonds is 2. The number of furan rings is 1. The van der Waals surface area contributed by atoms with Gasteiger partial charge in [-0.15, -0.1) is 0 Å². The molecule has 2 rings (SSSR count). The lowest BCUT2D eigenvalue weighted by Gasteiger charge is -2.01. The van der Waals surface area contributed by atoms with Gasteiger partial charge in [0.1, 0.15) is 11.5 Å². The first kappa shape index (κ1) is 8.69. The summed E-state index contributed by atoms with van der Waals surface area (Å²) in [6.45, 7) is 0. The summed E-state index contributed by atoms with van der Waals surface area (Å²) in [4.78, 5) is 0. The quantitative estimate of drug-likeness (QED) is 0.789. The zero-order valence-corrected chi connectivity index (χ0v) is 7.86. The van der Waals surface area contributed by atoms with Crippen LogP contribution in [-0.2, 0) is 0 Å². The lowest BCUT2D eigenvalue weighted by molar-refractivity contribution is 0.415. The fourth-order valence-corrected chi connectivity index (χ4v) is 1.28. The molecule has 1 heterocycles. The molecule has 0 unspecified atom stereocenters. The van der Waals surface area contributed by atoms with Crippen molar-refractivity contribution >= 4 is 5.88 Å². The molecule has 1 aromatic carbocycles. The Morgan fingerprint density at radius 1 is 1.21 bits per heavy atom. The van der Waals surface area contributed by atoms with Gasteiger partial charge < -0.3 is 14.9 Å². The molecule has 0 aliphatic carbocycles. The van der Waals surface area contributed by atoms with E-state index < -0.39 is 0 Å². The van der Waals surface area contributed by atoms with Crippen LogP contribution in [0.25, 0.3) is 11.3 Å². The highest BCUT2D eigenvalue weighted by molar-refractivity contribution is 5.61. The second-order valence-corrected chi connectivity index (χ2v) is 2.93. The van der Waals surface area contributed by atoms with Crippen LogP contribution >= 0.6 is 0 Å². The molecule has 0 fully saturated rings. The molecule has 0 atom stereocenters. The Hall–Kier alpha value is -1.90. The van der Waals surface area contributed by atoms with Crippen molar-refractivity contribution in [3.05, 3.63) is 36.4 Å². The number of benzene rings is 1. The Bertz CT molecular complexity index is 434. The number of hydrogen-bond donors (Lipinski definition) is 1. The van der Waals surface area contributed by atoms with Crippen molar-refractivity contribution in [2.24, 2.45) is 0 Å². The summed E-state index contributed by atoms with van der Waals surface area (Å²) in [5.41, 5.74) is 6.45. The standard InChI is InChI=1S/C11H11NO2/c1-13-9-4-2-3-8(7-9)10-5-6-11(12)14-10/h2-7H,12H2,1H3. The molecule has 0 aliphatic heterocycles. The summed E-state index contributed by atoms with van der Waals surface area (Å²) in [5.74, 6) is 1.97. The Morgan fingerprint density at radius 3 is 2.71 bits per heavy atom. The third-order valence-electron chi connectivity index (χ3n) is 1.98. The summed E-state index contributed by atoms with van der Waals surface area (Å²) in [6.07, 6.45) is 0. The number of anilines is 1. The number of nitrogens with two attached hydrogens (primary N) is 1. The topological polar surface area (TPSA) is 48.4 Å². The van der Waals surface area contributed by atoms with Crippen LogP contribution in [0.2, 0.25) is 0 Å². The van der Waals surface area contributed by atoms with Crippen LogP contribution in [0.4, 0.5) is 5.88 Å². The molecule has 2 N–H and O–H groups in total. The minimum absolute atomic E-state index is 0.419. The molecule has 0 bridgehead atoms. The Labute approximate surface area is 82.1 Å². The lowest BCUT2D eigenvalue weighted by Crippen LogP contribution is -1.82. The van der Waals surface area contributed by atoms with Crippen LogP contribution in [0, 0.1) is 0 Å². The van der Waals surface area contributed by atoms with Crippen molar-refractivity contribution in [1.29, 1.82) is 0 Å². The SMILES string of the molecule is COc1cccc(-c2ccc(N)o2)c1. The van der Waals surface area contributed by atoms with E-state index in [-0.39, 0.29) is 0 Å². The zero-order chi connectivity index (χ0) is 9.97. The fourth-order valence-electron chi connectivity index (χ4n) is 1.28. The third kappa shape index (κ3) is 1.57. The van der Waals surface area contributed by atoms with E-state index in [1.54, 1.807) is 13.2 Å². The van der Waals surface area contributed by atoms with E-state index in [1.165, 1.54) is 0 Å². The molecule has 0 saturated carbocycles. The maximum Gasteiger partial charge on any atom is 0.190 e. The van der Waals surface area contributed by atoms with Gasteiger partial charge >= 0.3 is 0 Å². The Kier molecular flexibility index (Phi) is 2.14. The second-order valence-electron chi connectivity index (χ2n) is 2.93. The van der Waals surface area contributed by atoms with Crippen LogP contribution in [0.3, 0.4) is 0 Å². The largest absolute Gasteiger partial charge is 0.497 e. The molecule has 72 valence electrons. The van der Waals surface area contributed by atoms with Gasteiger partial charge in [-0.1, -0.05) is 12.1 Å². The maximum atomic E-state index is 5.49. The van der Waals surface area contributed by atoms with Crippen LogP contribution in [-0.4, -0.2) is 7.11 Å². The van der Waals surface area contributed by atoms with E-state index in [0.29, 0.717) is 5.88 Å². The molecule has 0 amide bonds. The van der Waals surface area contributed by atoms with E-state index >= 15 is 0 Å². The molecule has 0 saturated heterocycles. The van der Waals surface area contributed by atoms with Crippen molar-refractivity contribution in [2.75, 3.05) is 12.8 Å². The van der Waals surface area contributed by atoms with Crippen LogP contribution in [0.1, 0.15) is 0 Å². The van der Waals surface area contributed by atoms with Crippen LogP contribution in [0.15, 0.2) is 40.8 Å². The van der Waals surface area contributed by atoms with Crippen LogP contribution in [0.5, 0.6) is 5.75 Å². The first-order valence-electron chi connectivity index (χ1n) is 4.29. The molecule has 0 spiro atoms. The molecule has 3 heteroatoms. The molecular formula is C11H11NO2. The minimum atomic E-state index is 0.419. The van der Waals surface area contributed by atoms with E-state index in [2.05, 4.69) is 0 Å². The van der Waals surface area contributed by atoms with Gasteiger partial charge in [-0.3, -0.25) is 0 Å². The van der Waals surface area contributed by atoms with Crippen LogP contribution < -0.4 is 10.5 Å². The summed E-state index contributed by atoms with van der Waals surface area (Å²) >= 11 is 0. The number of hydrogen-bond acceptors (Lipinski definition) is 3. The summed E-state index contributed by atoms with van der Waals surface area (Å²) < 4.78 is 10.4. The molecular weight excluding hydrogens is 178 g/mol. The van der Waals surface area contributed by atoms with Gasteiger partial charge in [-0.2, -0.15) is 0 Å². The average molecular weight is 189 g/mol. The van der Waals surface area contributed by atoms with E-state index in [4.69, 9.17) is 14.9 Å². The number of nitrogen functional groups attached to an aromatic ring is 1. The summed E-state index contributed by atoms with van der Waals surface area (Å²) in [5, 5.41) is 0.